The van der Waals surface area contributed by atoms with Crippen LogP contribution in [-0.4, -0.2) is 98.9 Å². The van der Waals surface area contributed by atoms with E-state index >= 15 is 0 Å². The van der Waals surface area contributed by atoms with Crippen LogP contribution < -0.4 is 24.8 Å². The first kappa shape index (κ1) is 48.2. The quantitative estimate of drug-likeness (QED) is 0.0468. The number of fused-ring (bicyclic) bond motifs is 2. The second kappa shape index (κ2) is 22.6. The number of rotatable bonds is 16. The van der Waals surface area contributed by atoms with Crippen molar-refractivity contribution in [3.05, 3.63) is 136 Å². The summed E-state index contributed by atoms with van der Waals surface area (Å²) in [6.07, 6.45) is 7.20. The Bertz CT molecular complexity index is 3000. The SMILES string of the molecule is COCCO.COCCOc1cc(OC)c(Nc2nccc(-c3cn(C)c4ccccc34)n2)cc1[N+](=O)[O-].COc1cc(F)c([N+](=O)[O-])cc1Nc1nccc(-c2cn(C)c3ccccc23)n1. The van der Waals surface area contributed by atoms with E-state index in [9.17, 15) is 24.6 Å². The van der Waals surface area contributed by atoms with Gasteiger partial charge in [-0.15, -0.1) is 0 Å². The van der Waals surface area contributed by atoms with Gasteiger partial charge in [0.1, 0.15) is 18.1 Å². The highest BCUT2D eigenvalue weighted by Gasteiger charge is 2.22. The van der Waals surface area contributed by atoms with Gasteiger partial charge in [-0.1, -0.05) is 36.4 Å². The van der Waals surface area contributed by atoms with Crippen LogP contribution in [0.25, 0.3) is 44.3 Å². The Labute approximate surface area is 382 Å². The Kier molecular flexibility index (Phi) is 16.2. The van der Waals surface area contributed by atoms with Gasteiger partial charge < -0.3 is 48.6 Å². The summed E-state index contributed by atoms with van der Waals surface area (Å²) >= 11 is 0. The molecule has 4 aromatic heterocycles. The number of methoxy groups -OCH3 is 4. The smallest absolute Gasteiger partial charge is 0.313 e. The minimum atomic E-state index is -0.983. The van der Waals surface area contributed by atoms with Crippen molar-refractivity contribution in [3.8, 4) is 39.8 Å². The number of aryl methyl sites for hydroxylation is 2. The highest BCUT2D eigenvalue weighted by atomic mass is 19.1. The van der Waals surface area contributed by atoms with Gasteiger partial charge in [-0.05, 0) is 24.3 Å². The largest absolute Gasteiger partial charge is 0.494 e. The minimum Gasteiger partial charge on any atom is -0.494 e. The van der Waals surface area contributed by atoms with Crippen molar-refractivity contribution in [3.63, 3.8) is 0 Å². The Morgan fingerprint density at radius 1 is 0.642 bits per heavy atom. The normalized spacial score (nSPS) is 10.7. The standard InChI is InChI=1S/C23H23N5O5.C20H16FN5O3.C3H8O2/c1-27-14-16(15-6-4-5-7-19(15)27)17-8-9-24-23(25-17)26-18-12-20(28(29)30)22(13-21(18)32-3)33-11-10-31-2;1-25-11-13(12-5-3-4-6-17(12)25)15-7-8-22-20(23-15)24-16-10-18(26(27)28)14(21)9-19(16)29-2;1-5-3-2-4/h4-9,12-14H,10-11H2,1-3H3,(H,24,25,26);3-11H,1-2H3,(H,22,23,24);4H,2-3H2,1H3. The summed E-state index contributed by atoms with van der Waals surface area (Å²) in [7, 11) is 9.83. The van der Waals surface area contributed by atoms with Gasteiger partial charge in [0, 0.05) is 110 Å². The number of para-hydroxylation sites is 2. The predicted molar refractivity (Wildman–Crippen MR) is 250 cm³/mol. The number of hydrogen-bond donors (Lipinski definition) is 3. The molecule has 8 rings (SSSR count). The van der Waals surface area contributed by atoms with Crippen molar-refractivity contribution in [1.29, 1.82) is 0 Å². The van der Waals surface area contributed by atoms with Crippen molar-refractivity contribution >= 4 is 56.5 Å². The molecule has 0 unspecified atom stereocenters. The van der Waals surface area contributed by atoms with Gasteiger partial charge in [-0.25, -0.2) is 19.9 Å². The zero-order valence-electron chi connectivity index (χ0n) is 37.3. The molecule has 0 radical (unpaired) electrons. The highest BCUT2D eigenvalue weighted by molar-refractivity contribution is 5.96. The summed E-state index contributed by atoms with van der Waals surface area (Å²) in [5, 5.41) is 38.6. The van der Waals surface area contributed by atoms with Crippen LogP contribution in [0.3, 0.4) is 0 Å². The summed E-state index contributed by atoms with van der Waals surface area (Å²) in [4.78, 5) is 39.0. The maximum Gasteiger partial charge on any atom is 0.313 e. The van der Waals surface area contributed by atoms with Crippen LogP contribution in [0.15, 0.2) is 110 Å². The summed E-state index contributed by atoms with van der Waals surface area (Å²) in [5.41, 5.74) is 5.08. The fourth-order valence-corrected chi connectivity index (χ4v) is 6.82. The summed E-state index contributed by atoms with van der Waals surface area (Å²) in [6, 6.07) is 24.4. The van der Waals surface area contributed by atoms with E-state index < -0.39 is 21.4 Å². The lowest BCUT2D eigenvalue weighted by molar-refractivity contribution is -0.387. The van der Waals surface area contributed by atoms with Crippen LogP contribution >= 0.6 is 0 Å². The lowest BCUT2D eigenvalue weighted by Gasteiger charge is -2.13. The number of anilines is 4. The summed E-state index contributed by atoms with van der Waals surface area (Å²) in [5.74, 6) is 0.0443. The Morgan fingerprint density at radius 3 is 1.57 bits per heavy atom. The highest BCUT2D eigenvalue weighted by Crippen LogP contribution is 2.39. The number of hydrogen-bond acceptors (Lipinski definition) is 16. The Balaban J connectivity index is 0.000000202. The number of aliphatic hydroxyl groups excluding tert-OH is 1. The molecule has 0 atom stereocenters. The summed E-state index contributed by atoms with van der Waals surface area (Å²) in [6.45, 7) is 1.04. The molecule has 0 amide bonds. The fraction of sp³-hybridized carbons (Fsp3) is 0.217. The molecule has 67 heavy (non-hydrogen) atoms. The zero-order valence-corrected chi connectivity index (χ0v) is 37.3. The molecule has 0 saturated carbocycles. The first-order chi connectivity index (χ1) is 32.4. The van der Waals surface area contributed by atoms with E-state index in [-0.39, 0.29) is 48.0 Å². The van der Waals surface area contributed by atoms with Gasteiger partial charge in [-0.2, -0.15) is 4.39 Å². The van der Waals surface area contributed by atoms with Crippen LogP contribution in [0.4, 0.5) is 39.0 Å². The second-order valence-corrected chi connectivity index (χ2v) is 14.2. The average molecular weight is 919 g/mol. The number of ether oxygens (including phenoxy) is 5. The molecule has 0 bridgehead atoms. The minimum absolute atomic E-state index is 0.0878. The van der Waals surface area contributed by atoms with Gasteiger partial charge in [0.05, 0.1) is 66.6 Å². The van der Waals surface area contributed by atoms with Gasteiger partial charge >= 0.3 is 11.4 Å². The van der Waals surface area contributed by atoms with Crippen LogP contribution in [0, 0.1) is 26.0 Å². The zero-order chi connectivity index (χ0) is 48.0. The molecule has 0 fully saturated rings. The molecule has 0 aliphatic heterocycles. The number of aliphatic hydroxyl groups is 1. The molecule has 0 aliphatic carbocycles. The van der Waals surface area contributed by atoms with Gasteiger partial charge in [-0.3, -0.25) is 20.2 Å². The number of nitro benzene ring substituents is 2. The molecule has 4 aromatic carbocycles. The van der Waals surface area contributed by atoms with Crippen molar-refractivity contribution < 1.29 is 43.0 Å². The lowest BCUT2D eigenvalue weighted by Crippen LogP contribution is -2.07. The molecular formula is C46H47FN10O10. The van der Waals surface area contributed by atoms with Crippen molar-refractivity contribution in [2.75, 3.05) is 65.5 Å². The van der Waals surface area contributed by atoms with Gasteiger partial charge in [0.15, 0.2) is 0 Å². The maximum atomic E-state index is 13.9. The Morgan fingerprint density at radius 2 is 1.12 bits per heavy atom. The van der Waals surface area contributed by atoms with E-state index in [0.717, 1.165) is 50.8 Å². The monoisotopic (exact) mass is 918 g/mol. The maximum absolute atomic E-state index is 13.9. The average Bonchev–Trinajstić information content (AvgIpc) is 3.86. The van der Waals surface area contributed by atoms with Crippen LogP contribution in [0.2, 0.25) is 0 Å². The predicted octanol–water partition coefficient (Wildman–Crippen LogP) is 8.38. The van der Waals surface area contributed by atoms with Crippen LogP contribution in [-0.2, 0) is 23.6 Å². The van der Waals surface area contributed by atoms with E-state index in [1.165, 1.54) is 33.5 Å². The molecule has 0 saturated heterocycles. The molecule has 0 aliphatic rings. The molecule has 8 aromatic rings. The van der Waals surface area contributed by atoms with E-state index in [2.05, 4.69) is 35.3 Å². The van der Waals surface area contributed by atoms with E-state index in [0.29, 0.717) is 30.3 Å². The number of nitrogens with zero attached hydrogens (tertiary/aromatic N) is 8. The van der Waals surface area contributed by atoms with E-state index in [1.54, 1.807) is 25.6 Å². The van der Waals surface area contributed by atoms with Gasteiger partial charge in [0.25, 0.3) is 0 Å². The third-order valence-corrected chi connectivity index (χ3v) is 9.93. The third kappa shape index (κ3) is 11.5. The summed E-state index contributed by atoms with van der Waals surface area (Å²) < 4.78 is 43.3. The van der Waals surface area contributed by atoms with Gasteiger partial charge in [0.2, 0.25) is 23.5 Å². The number of aromatic nitrogens is 6. The van der Waals surface area contributed by atoms with E-state index in [1.807, 2.05) is 90.2 Å². The van der Waals surface area contributed by atoms with Crippen molar-refractivity contribution in [1.82, 2.24) is 29.1 Å². The lowest BCUT2D eigenvalue weighted by atomic mass is 10.1. The second-order valence-electron chi connectivity index (χ2n) is 14.2. The van der Waals surface area contributed by atoms with Crippen LogP contribution in [0.5, 0.6) is 17.2 Å². The molecule has 21 heteroatoms. The Hall–Kier alpha value is -8.27. The fourth-order valence-electron chi connectivity index (χ4n) is 6.82. The molecule has 20 nitrogen and oxygen atoms in total. The molecule has 3 N–H and O–H groups in total. The molecular weight excluding hydrogens is 872 g/mol. The molecule has 4 heterocycles. The van der Waals surface area contributed by atoms with Crippen molar-refractivity contribution in [2.24, 2.45) is 14.1 Å². The molecule has 348 valence electrons. The van der Waals surface area contributed by atoms with Crippen molar-refractivity contribution in [2.45, 2.75) is 0 Å². The number of halogens is 1. The number of nitro groups is 2. The van der Waals surface area contributed by atoms with E-state index in [4.69, 9.17) is 24.1 Å². The third-order valence-electron chi connectivity index (χ3n) is 9.93. The molecule has 0 spiro atoms. The number of nitrogens with one attached hydrogen (secondary N) is 2. The number of benzene rings is 4. The first-order valence-corrected chi connectivity index (χ1v) is 20.3. The van der Waals surface area contributed by atoms with Crippen LogP contribution in [0.1, 0.15) is 0 Å². The topological polar surface area (TPSA) is 238 Å². The first-order valence-electron chi connectivity index (χ1n) is 20.3.